The van der Waals surface area contributed by atoms with Crippen LogP contribution >= 0.6 is 15.9 Å². The minimum absolute atomic E-state index is 0.111. The molecule has 0 radical (unpaired) electrons. The smallest absolute Gasteiger partial charge is 0.276 e. The summed E-state index contributed by atoms with van der Waals surface area (Å²) in [5.41, 5.74) is 6.10. The Balaban J connectivity index is 1.58. The third kappa shape index (κ3) is 4.15. The average molecular weight is 413 g/mol. The minimum Gasteiger partial charge on any atom is -0.507 e. The Kier molecular flexibility index (Phi) is 5.43. The average Bonchev–Trinajstić information content (AvgIpc) is 2.65. The highest BCUT2D eigenvalue weighted by Crippen LogP contribution is 2.31. The predicted molar refractivity (Wildman–Crippen MR) is 106 cm³/mol. The largest absolute Gasteiger partial charge is 0.507 e. The summed E-state index contributed by atoms with van der Waals surface area (Å²) in [5, 5.41) is 12.1. The summed E-state index contributed by atoms with van der Waals surface area (Å²) in [6, 6.07) is 18.3. The van der Waals surface area contributed by atoms with Crippen molar-refractivity contribution in [2.45, 2.75) is 0 Å². The number of hydrazine groups is 1. The number of hydrogen-bond acceptors (Lipinski definition) is 4. The zero-order chi connectivity index (χ0) is 18.5. The molecule has 3 aromatic rings. The number of carbonyl (C=O) groups is 1. The molecule has 3 aromatic carbocycles. The summed E-state index contributed by atoms with van der Waals surface area (Å²) in [4.78, 5) is 11.9. The summed E-state index contributed by atoms with van der Waals surface area (Å²) in [7, 11) is 0. The van der Waals surface area contributed by atoms with E-state index in [4.69, 9.17) is 4.74 Å². The van der Waals surface area contributed by atoms with Crippen molar-refractivity contribution in [2.75, 3.05) is 6.61 Å². The normalized spacial score (nSPS) is 10.3. The van der Waals surface area contributed by atoms with Crippen LogP contribution in [0.1, 0.15) is 5.56 Å². The Labute approximate surface area is 159 Å². The number of phenolic OH excluding ortho intramolecular Hbond substituents is 1. The van der Waals surface area contributed by atoms with Crippen LogP contribution in [-0.2, 0) is 4.79 Å². The van der Waals surface area contributed by atoms with Crippen molar-refractivity contribution in [1.82, 2.24) is 10.9 Å². The molecule has 0 heterocycles. The van der Waals surface area contributed by atoms with Gasteiger partial charge >= 0.3 is 0 Å². The molecule has 0 aliphatic heterocycles. The number of halogens is 1. The minimum atomic E-state index is -0.369. The molecule has 0 atom stereocenters. The molecule has 0 aliphatic rings. The summed E-state index contributed by atoms with van der Waals surface area (Å²) in [6.07, 6.45) is 0. The van der Waals surface area contributed by atoms with Crippen LogP contribution in [0.5, 0.6) is 11.5 Å². The Morgan fingerprint density at radius 3 is 2.69 bits per heavy atom. The van der Waals surface area contributed by atoms with Gasteiger partial charge in [-0.3, -0.25) is 15.6 Å². The van der Waals surface area contributed by atoms with Gasteiger partial charge in [-0.15, -0.1) is 0 Å². The molecule has 0 saturated heterocycles. The zero-order valence-electron chi connectivity index (χ0n) is 13.8. The molecule has 132 valence electrons. The number of fused-ring (bicyclic) bond motifs is 1. The standard InChI is InChI=1S/C20H17BrN2O3/c1-13(17-10-9-14-5-2-3-8-18(14)20(17)25)22-23-19(24)12-26-16-7-4-6-15(21)11-16/h2-11,22,25H,1,12H2,(H,23,24). The molecule has 1 amide bonds. The molecule has 26 heavy (non-hydrogen) atoms. The molecule has 0 aromatic heterocycles. The summed E-state index contributed by atoms with van der Waals surface area (Å²) >= 11 is 3.34. The number of rotatable bonds is 6. The maximum absolute atomic E-state index is 11.9. The first-order valence-electron chi connectivity index (χ1n) is 7.88. The predicted octanol–water partition coefficient (Wildman–Crippen LogP) is 3.98. The third-order valence-electron chi connectivity index (χ3n) is 3.74. The first-order valence-corrected chi connectivity index (χ1v) is 8.67. The van der Waals surface area contributed by atoms with Crippen LogP contribution in [0.2, 0.25) is 0 Å². The molecule has 3 N–H and O–H groups in total. The highest BCUT2D eigenvalue weighted by atomic mass is 79.9. The lowest BCUT2D eigenvalue weighted by Gasteiger charge is -2.14. The van der Waals surface area contributed by atoms with Crippen molar-refractivity contribution in [3.63, 3.8) is 0 Å². The molecule has 0 saturated carbocycles. The van der Waals surface area contributed by atoms with Crippen LogP contribution in [0.25, 0.3) is 16.5 Å². The van der Waals surface area contributed by atoms with E-state index in [-0.39, 0.29) is 18.3 Å². The number of phenols is 1. The van der Waals surface area contributed by atoms with Gasteiger partial charge in [0.2, 0.25) is 0 Å². The molecule has 3 rings (SSSR count). The van der Waals surface area contributed by atoms with Crippen molar-refractivity contribution < 1.29 is 14.6 Å². The second-order valence-electron chi connectivity index (χ2n) is 5.58. The molecule has 6 heteroatoms. The van der Waals surface area contributed by atoms with Crippen molar-refractivity contribution >= 4 is 38.3 Å². The van der Waals surface area contributed by atoms with Gasteiger partial charge in [0.25, 0.3) is 5.91 Å². The first-order chi connectivity index (χ1) is 12.5. The zero-order valence-corrected chi connectivity index (χ0v) is 15.4. The second kappa shape index (κ2) is 7.93. The van der Waals surface area contributed by atoms with Crippen molar-refractivity contribution in [2.24, 2.45) is 0 Å². The Hall–Kier alpha value is -2.99. The SMILES string of the molecule is C=C(NNC(=O)COc1cccc(Br)c1)c1ccc2ccccc2c1O. The number of benzene rings is 3. The summed E-state index contributed by atoms with van der Waals surface area (Å²) in [5.74, 6) is 0.326. The molecule has 0 unspecified atom stereocenters. The van der Waals surface area contributed by atoms with Crippen LogP contribution in [-0.4, -0.2) is 17.6 Å². The Bertz CT molecular complexity index is 972. The van der Waals surface area contributed by atoms with E-state index in [1.165, 1.54) is 0 Å². The number of nitrogens with one attached hydrogen (secondary N) is 2. The number of hydrogen-bond donors (Lipinski definition) is 3. The number of ether oxygens (including phenoxy) is 1. The number of amides is 1. The van der Waals surface area contributed by atoms with Gasteiger partial charge < -0.3 is 9.84 Å². The fourth-order valence-corrected chi connectivity index (χ4v) is 2.83. The first kappa shape index (κ1) is 17.8. The maximum atomic E-state index is 11.9. The van der Waals surface area contributed by atoms with Gasteiger partial charge in [0.15, 0.2) is 6.61 Å². The van der Waals surface area contributed by atoms with Gasteiger partial charge in [-0.1, -0.05) is 58.9 Å². The van der Waals surface area contributed by atoms with Crippen molar-refractivity contribution in [3.05, 3.63) is 77.3 Å². The maximum Gasteiger partial charge on any atom is 0.276 e. The second-order valence-corrected chi connectivity index (χ2v) is 6.50. The summed E-state index contributed by atoms with van der Waals surface area (Å²) in [6.45, 7) is 3.71. The number of aromatic hydroxyl groups is 1. The van der Waals surface area contributed by atoms with Crippen molar-refractivity contribution in [1.29, 1.82) is 0 Å². The molecule has 5 nitrogen and oxygen atoms in total. The van der Waals surface area contributed by atoms with E-state index >= 15 is 0 Å². The van der Waals surface area contributed by atoms with Crippen LogP contribution in [0.4, 0.5) is 0 Å². The van der Waals surface area contributed by atoms with Gasteiger partial charge in [0.1, 0.15) is 11.5 Å². The quantitative estimate of drug-likeness (QED) is 0.535. The topological polar surface area (TPSA) is 70.6 Å². The Morgan fingerprint density at radius 2 is 1.88 bits per heavy atom. The Morgan fingerprint density at radius 1 is 1.08 bits per heavy atom. The van der Waals surface area contributed by atoms with E-state index in [0.29, 0.717) is 17.0 Å². The van der Waals surface area contributed by atoms with Gasteiger partial charge in [-0.25, -0.2) is 0 Å². The van der Waals surface area contributed by atoms with Gasteiger partial charge in [-0.2, -0.15) is 0 Å². The molecular weight excluding hydrogens is 396 g/mol. The van der Waals surface area contributed by atoms with E-state index in [1.54, 1.807) is 18.2 Å². The summed E-state index contributed by atoms with van der Waals surface area (Å²) < 4.78 is 6.28. The third-order valence-corrected chi connectivity index (χ3v) is 4.24. The van der Waals surface area contributed by atoms with E-state index in [2.05, 4.69) is 33.4 Å². The monoisotopic (exact) mass is 412 g/mol. The van der Waals surface area contributed by atoms with Crippen LogP contribution < -0.4 is 15.6 Å². The lowest BCUT2D eigenvalue weighted by molar-refractivity contribution is -0.123. The fourth-order valence-electron chi connectivity index (χ4n) is 2.45. The highest BCUT2D eigenvalue weighted by molar-refractivity contribution is 9.10. The van der Waals surface area contributed by atoms with E-state index in [0.717, 1.165) is 15.2 Å². The van der Waals surface area contributed by atoms with Gasteiger partial charge in [0, 0.05) is 15.4 Å². The fraction of sp³-hybridized carbons (Fsp3) is 0.0500. The highest BCUT2D eigenvalue weighted by Gasteiger charge is 2.10. The van der Waals surface area contributed by atoms with Crippen LogP contribution in [0, 0.1) is 0 Å². The van der Waals surface area contributed by atoms with E-state index in [9.17, 15) is 9.90 Å². The van der Waals surface area contributed by atoms with Crippen LogP contribution in [0.15, 0.2) is 71.7 Å². The van der Waals surface area contributed by atoms with E-state index < -0.39 is 0 Å². The van der Waals surface area contributed by atoms with Gasteiger partial charge in [-0.05, 0) is 29.7 Å². The molecular formula is C20H17BrN2O3. The van der Waals surface area contributed by atoms with Crippen LogP contribution in [0.3, 0.4) is 0 Å². The van der Waals surface area contributed by atoms with Gasteiger partial charge in [0.05, 0.1) is 5.70 Å². The lowest BCUT2D eigenvalue weighted by atomic mass is 10.0. The molecule has 0 aliphatic carbocycles. The molecule has 0 bridgehead atoms. The molecule has 0 fully saturated rings. The molecule has 0 spiro atoms. The van der Waals surface area contributed by atoms with Crippen molar-refractivity contribution in [3.8, 4) is 11.5 Å². The van der Waals surface area contributed by atoms with E-state index in [1.807, 2.05) is 42.5 Å². The number of carbonyl (C=O) groups excluding carboxylic acids is 1. The lowest BCUT2D eigenvalue weighted by Crippen LogP contribution is -2.39.